The minimum atomic E-state index is -3.56. The minimum Gasteiger partial charge on any atom is -0.481 e. The smallest absolute Gasteiger partial charge is 0.317 e. The lowest BCUT2D eigenvalue weighted by Gasteiger charge is -2.31. The zero-order valence-electron chi connectivity index (χ0n) is 14.7. The zero-order valence-corrected chi connectivity index (χ0v) is 15.5. The van der Waals surface area contributed by atoms with Crippen LogP contribution in [0.4, 0.5) is 4.79 Å². The number of carboxylic acid groups (broad SMARTS) is 1. The molecule has 9 heteroatoms. The van der Waals surface area contributed by atoms with Crippen LogP contribution in [0.1, 0.15) is 26.2 Å². The lowest BCUT2D eigenvalue weighted by molar-refractivity contribution is -0.143. The Morgan fingerprint density at radius 3 is 2.65 bits per heavy atom. The fourth-order valence-electron chi connectivity index (χ4n) is 2.83. The highest BCUT2D eigenvalue weighted by Crippen LogP contribution is 2.16. The van der Waals surface area contributed by atoms with E-state index in [9.17, 15) is 18.0 Å². The van der Waals surface area contributed by atoms with E-state index >= 15 is 0 Å². The predicted octanol–water partition coefficient (Wildman–Crippen LogP) is 1.25. The van der Waals surface area contributed by atoms with Crippen molar-refractivity contribution in [2.24, 2.45) is 5.92 Å². The highest BCUT2D eigenvalue weighted by molar-refractivity contribution is 7.89. The molecule has 1 aliphatic heterocycles. The van der Waals surface area contributed by atoms with E-state index in [0.29, 0.717) is 25.8 Å². The van der Waals surface area contributed by atoms with Gasteiger partial charge in [0, 0.05) is 25.7 Å². The summed E-state index contributed by atoms with van der Waals surface area (Å²) in [6.45, 7) is 2.71. The van der Waals surface area contributed by atoms with Gasteiger partial charge in [0.15, 0.2) is 0 Å². The van der Waals surface area contributed by atoms with Crippen LogP contribution >= 0.6 is 0 Å². The van der Waals surface area contributed by atoms with Gasteiger partial charge in [-0.2, -0.15) is 0 Å². The molecule has 0 aromatic heterocycles. The number of nitrogens with zero attached hydrogens (tertiary/aromatic N) is 1. The van der Waals surface area contributed by atoms with Crippen molar-refractivity contribution in [2.45, 2.75) is 37.1 Å². The van der Waals surface area contributed by atoms with Crippen molar-refractivity contribution < 1.29 is 23.1 Å². The normalized spacial score (nSPS) is 19.0. The van der Waals surface area contributed by atoms with Gasteiger partial charge in [0.05, 0.1) is 10.8 Å². The maximum absolute atomic E-state index is 12.2. The molecule has 3 N–H and O–H groups in total. The highest BCUT2D eigenvalue weighted by Gasteiger charge is 2.28. The Kier molecular flexibility index (Phi) is 6.98. The van der Waals surface area contributed by atoms with E-state index in [0.717, 1.165) is 0 Å². The number of carboxylic acids is 1. The maximum Gasteiger partial charge on any atom is 0.317 e. The molecule has 2 amide bonds. The fourth-order valence-corrected chi connectivity index (χ4v) is 3.90. The Morgan fingerprint density at radius 1 is 1.31 bits per heavy atom. The number of amides is 2. The van der Waals surface area contributed by atoms with Crippen LogP contribution in [-0.4, -0.2) is 56.1 Å². The summed E-state index contributed by atoms with van der Waals surface area (Å²) < 4.78 is 26.8. The van der Waals surface area contributed by atoms with Crippen LogP contribution in [0.15, 0.2) is 35.2 Å². The average Bonchev–Trinajstić information content (AvgIpc) is 2.62. The van der Waals surface area contributed by atoms with Gasteiger partial charge < -0.3 is 15.3 Å². The lowest BCUT2D eigenvalue weighted by Crippen LogP contribution is -2.49. The van der Waals surface area contributed by atoms with Crippen LogP contribution in [0.25, 0.3) is 0 Å². The van der Waals surface area contributed by atoms with Gasteiger partial charge in [-0.3, -0.25) is 4.79 Å². The molecule has 2 unspecified atom stereocenters. The van der Waals surface area contributed by atoms with Gasteiger partial charge in [-0.05, 0) is 38.3 Å². The second kappa shape index (κ2) is 9.00. The number of hydrogen-bond donors (Lipinski definition) is 3. The molecule has 144 valence electrons. The van der Waals surface area contributed by atoms with Gasteiger partial charge in [0.25, 0.3) is 0 Å². The molecule has 1 saturated heterocycles. The van der Waals surface area contributed by atoms with Crippen molar-refractivity contribution in [1.82, 2.24) is 14.9 Å². The number of nitrogens with one attached hydrogen (secondary N) is 2. The first-order chi connectivity index (χ1) is 12.3. The van der Waals surface area contributed by atoms with Crippen LogP contribution in [-0.2, 0) is 14.8 Å². The first kappa shape index (κ1) is 20.2. The zero-order chi connectivity index (χ0) is 19.2. The third-order valence-electron chi connectivity index (χ3n) is 4.35. The second-order valence-corrected chi connectivity index (χ2v) is 8.24. The number of urea groups is 1. The number of sulfonamides is 1. The maximum atomic E-state index is 12.2. The highest BCUT2D eigenvalue weighted by atomic mass is 32.2. The van der Waals surface area contributed by atoms with E-state index in [1.165, 1.54) is 17.0 Å². The summed E-state index contributed by atoms with van der Waals surface area (Å²) in [6.07, 6.45) is 1.67. The van der Waals surface area contributed by atoms with E-state index in [4.69, 9.17) is 5.11 Å². The minimum absolute atomic E-state index is 0.191. The summed E-state index contributed by atoms with van der Waals surface area (Å²) in [6, 6.07) is 7.53. The predicted molar refractivity (Wildman–Crippen MR) is 96.2 cm³/mol. The Bertz CT molecular complexity index is 723. The summed E-state index contributed by atoms with van der Waals surface area (Å²) >= 11 is 0. The molecule has 0 saturated carbocycles. The van der Waals surface area contributed by atoms with Gasteiger partial charge in [0.1, 0.15) is 0 Å². The Hall–Kier alpha value is -2.13. The molecule has 1 aliphatic rings. The van der Waals surface area contributed by atoms with Crippen molar-refractivity contribution in [3.63, 3.8) is 0 Å². The molecule has 8 nitrogen and oxygen atoms in total. The quantitative estimate of drug-likeness (QED) is 0.655. The summed E-state index contributed by atoms with van der Waals surface area (Å²) in [4.78, 5) is 25.0. The van der Waals surface area contributed by atoms with Gasteiger partial charge in [-0.25, -0.2) is 17.9 Å². The van der Waals surface area contributed by atoms with Crippen molar-refractivity contribution in [3.05, 3.63) is 30.3 Å². The number of aliphatic carboxylic acids is 1. The Balaban J connectivity index is 1.77. The van der Waals surface area contributed by atoms with E-state index in [2.05, 4.69) is 10.0 Å². The molecular formula is C17H25N3O5S. The number of carbonyl (C=O) groups is 2. The van der Waals surface area contributed by atoms with Gasteiger partial charge >= 0.3 is 12.0 Å². The van der Waals surface area contributed by atoms with Crippen LogP contribution in [0, 0.1) is 5.92 Å². The van der Waals surface area contributed by atoms with Crippen LogP contribution in [0.5, 0.6) is 0 Å². The van der Waals surface area contributed by atoms with E-state index in [1.54, 1.807) is 25.1 Å². The van der Waals surface area contributed by atoms with E-state index < -0.39 is 21.9 Å². The van der Waals surface area contributed by atoms with E-state index in [1.807, 2.05) is 0 Å². The second-order valence-electron chi connectivity index (χ2n) is 6.47. The molecule has 1 heterocycles. The summed E-state index contributed by atoms with van der Waals surface area (Å²) in [7, 11) is -3.56. The van der Waals surface area contributed by atoms with Gasteiger partial charge in [0.2, 0.25) is 10.0 Å². The molecule has 1 aromatic rings. The van der Waals surface area contributed by atoms with Gasteiger partial charge in [-0.1, -0.05) is 18.2 Å². The molecule has 0 spiro atoms. The molecule has 2 atom stereocenters. The molecule has 1 fully saturated rings. The van der Waals surface area contributed by atoms with Crippen LogP contribution in [0.3, 0.4) is 0 Å². The third-order valence-corrected chi connectivity index (χ3v) is 5.83. The number of hydrogen-bond acceptors (Lipinski definition) is 4. The molecule has 0 bridgehead atoms. The van der Waals surface area contributed by atoms with Crippen molar-refractivity contribution in [2.75, 3.05) is 19.6 Å². The number of piperidine rings is 1. The molecule has 26 heavy (non-hydrogen) atoms. The molecule has 2 rings (SSSR count). The van der Waals surface area contributed by atoms with Crippen LogP contribution in [0.2, 0.25) is 0 Å². The summed E-state index contributed by atoms with van der Waals surface area (Å²) in [5, 5.41) is 11.9. The number of rotatable bonds is 7. The largest absolute Gasteiger partial charge is 0.481 e. The van der Waals surface area contributed by atoms with Crippen molar-refractivity contribution in [1.29, 1.82) is 0 Å². The van der Waals surface area contributed by atoms with Crippen molar-refractivity contribution in [3.8, 4) is 0 Å². The SMILES string of the molecule is CC(CCNS(=O)(=O)c1ccccc1)NC(=O)N1CCCC(C(=O)O)C1. The van der Waals surface area contributed by atoms with Gasteiger partial charge in [-0.15, -0.1) is 0 Å². The molecule has 0 radical (unpaired) electrons. The standard InChI is InChI=1S/C17H25N3O5S/c1-13(9-10-18-26(24,25)15-7-3-2-4-8-15)19-17(23)20-11-5-6-14(12-20)16(21)22/h2-4,7-8,13-14,18H,5-6,9-12H2,1H3,(H,19,23)(H,21,22). The average molecular weight is 383 g/mol. The molecule has 1 aromatic carbocycles. The fraction of sp³-hybridized carbons (Fsp3) is 0.529. The lowest BCUT2D eigenvalue weighted by atomic mass is 9.99. The first-order valence-corrected chi connectivity index (χ1v) is 10.1. The Morgan fingerprint density at radius 2 is 2.00 bits per heavy atom. The van der Waals surface area contributed by atoms with E-state index in [-0.39, 0.29) is 30.1 Å². The number of carbonyl (C=O) groups excluding carboxylic acids is 1. The third kappa shape index (κ3) is 5.70. The number of benzene rings is 1. The van der Waals surface area contributed by atoms with Crippen molar-refractivity contribution >= 4 is 22.0 Å². The Labute approximate surface area is 153 Å². The first-order valence-electron chi connectivity index (χ1n) is 8.62. The summed E-state index contributed by atoms with van der Waals surface area (Å²) in [5.74, 6) is -1.41. The number of likely N-dealkylation sites (tertiary alicyclic amines) is 1. The topological polar surface area (TPSA) is 116 Å². The van der Waals surface area contributed by atoms with Crippen LogP contribution < -0.4 is 10.0 Å². The molecule has 0 aliphatic carbocycles. The summed E-state index contributed by atoms with van der Waals surface area (Å²) in [5.41, 5.74) is 0. The monoisotopic (exact) mass is 383 g/mol. The molecular weight excluding hydrogens is 358 g/mol.